The summed E-state index contributed by atoms with van der Waals surface area (Å²) in [5.74, 6) is -0.351. The van der Waals surface area contributed by atoms with Gasteiger partial charge in [0.15, 0.2) is 11.3 Å². The number of aryl methyl sites for hydroxylation is 1. The monoisotopic (exact) mass is 263 g/mol. The summed E-state index contributed by atoms with van der Waals surface area (Å²) in [6.07, 6.45) is 0.412. The number of rotatable bonds is 3. The summed E-state index contributed by atoms with van der Waals surface area (Å²) in [7, 11) is 1.29. The molecular weight excluding hydrogens is 246 g/mol. The van der Waals surface area contributed by atoms with Gasteiger partial charge in [-0.25, -0.2) is 9.78 Å². The maximum Gasteiger partial charge on any atom is 0.343 e. The van der Waals surface area contributed by atoms with Gasteiger partial charge in [-0.05, 0) is 32.4 Å². The third kappa shape index (κ3) is 2.21. The first-order valence-electron chi connectivity index (χ1n) is 6.12. The number of carbonyl (C=O) groups excluding carboxylic acids is 1. The topological polar surface area (TPSA) is 72.6 Å². The van der Waals surface area contributed by atoms with Gasteiger partial charge in [-0.1, -0.05) is 6.92 Å². The van der Waals surface area contributed by atoms with Crippen molar-refractivity contribution >= 4 is 17.1 Å². The van der Waals surface area contributed by atoms with Gasteiger partial charge in [-0.15, -0.1) is 0 Å². The molecule has 1 unspecified atom stereocenters. The highest BCUT2D eigenvalue weighted by Crippen LogP contribution is 2.34. The van der Waals surface area contributed by atoms with Crippen molar-refractivity contribution in [3.63, 3.8) is 0 Å². The second-order valence-corrected chi connectivity index (χ2v) is 4.72. The van der Waals surface area contributed by atoms with E-state index in [-0.39, 0.29) is 11.3 Å². The Hall–Kier alpha value is -1.88. The number of pyridine rings is 1. The second kappa shape index (κ2) is 4.66. The first kappa shape index (κ1) is 13.5. The van der Waals surface area contributed by atoms with Gasteiger partial charge in [0.1, 0.15) is 16.7 Å². The normalized spacial score (nSPS) is 14.4. The summed E-state index contributed by atoms with van der Waals surface area (Å²) in [6.45, 7) is 5.24. The molecule has 0 amide bonds. The molecule has 1 atom stereocenters. The van der Waals surface area contributed by atoms with Crippen LogP contribution in [0, 0.1) is 6.92 Å². The number of methoxy groups -OCH3 is 1. The van der Waals surface area contributed by atoms with Gasteiger partial charge in [0.25, 0.3) is 0 Å². The quantitative estimate of drug-likeness (QED) is 0.861. The van der Waals surface area contributed by atoms with Crippen molar-refractivity contribution in [2.75, 3.05) is 7.11 Å². The molecule has 0 aliphatic rings. The van der Waals surface area contributed by atoms with E-state index >= 15 is 0 Å². The molecule has 0 aliphatic carbocycles. The van der Waals surface area contributed by atoms with E-state index in [1.54, 1.807) is 19.1 Å². The Labute approximate surface area is 111 Å². The summed E-state index contributed by atoms with van der Waals surface area (Å²) in [5.41, 5.74) is 0.623. The Kier molecular flexibility index (Phi) is 3.32. The largest absolute Gasteiger partial charge is 0.465 e. The van der Waals surface area contributed by atoms with E-state index in [0.717, 1.165) is 5.69 Å². The maximum atomic E-state index is 11.9. The van der Waals surface area contributed by atoms with Crippen LogP contribution in [0.1, 0.15) is 42.1 Å². The van der Waals surface area contributed by atoms with E-state index in [9.17, 15) is 9.90 Å². The third-order valence-electron chi connectivity index (χ3n) is 3.24. The Bertz CT molecular complexity index is 628. The minimum atomic E-state index is -1.24. The van der Waals surface area contributed by atoms with Gasteiger partial charge in [-0.2, -0.15) is 0 Å². The molecule has 1 N–H and O–H groups in total. The number of carbonyl (C=O) groups is 1. The van der Waals surface area contributed by atoms with E-state index in [2.05, 4.69) is 4.98 Å². The lowest BCUT2D eigenvalue weighted by Gasteiger charge is -2.19. The minimum absolute atomic E-state index is 0.202. The first-order valence-corrected chi connectivity index (χ1v) is 6.12. The van der Waals surface area contributed by atoms with Crippen molar-refractivity contribution in [3.05, 3.63) is 29.2 Å². The van der Waals surface area contributed by atoms with Gasteiger partial charge in [0.2, 0.25) is 0 Å². The molecular formula is C14H17NO4. The molecule has 0 saturated carbocycles. The van der Waals surface area contributed by atoms with E-state index < -0.39 is 11.6 Å². The van der Waals surface area contributed by atoms with Crippen molar-refractivity contribution in [1.82, 2.24) is 4.98 Å². The number of aliphatic hydroxyl groups is 1. The molecule has 0 aromatic carbocycles. The van der Waals surface area contributed by atoms with Crippen LogP contribution >= 0.6 is 0 Å². The summed E-state index contributed by atoms with van der Waals surface area (Å²) in [4.78, 5) is 16.3. The highest BCUT2D eigenvalue weighted by molar-refractivity contribution is 6.03. The van der Waals surface area contributed by atoms with Crippen LogP contribution in [0.15, 0.2) is 16.5 Å². The fourth-order valence-corrected chi connectivity index (χ4v) is 1.91. The lowest BCUT2D eigenvalue weighted by atomic mass is 9.96. The number of nitrogens with zero attached hydrogens (tertiary/aromatic N) is 1. The van der Waals surface area contributed by atoms with Crippen molar-refractivity contribution in [1.29, 1.82) is 0 Å². The van der Waals surface area contributed by atoms with Crippen LogP contribution in [0.5, 0.6) is 0 Å². The molecule has 19 heavy (non-hydrogen) atoms. The molecule has 5 heteroatoms. The van der Waals surface area contributed by atoms with Crippen LogP contribution in [-0.2, 0) is 10.3 Å². The minimum Gasteiger partial charge on any atom is -0.465 e. The summed E-state index contributed by atoms with van der Waals surface area (Å²) in [6, 6.07) is 3.52. The van der Waals surface area contributed by atoms with Gasteiger partial charge < -0.3 is 14.3 Å². The van der Waals surface area contributed by atoms with Crippen LogP contribution in [0.25, 0.3) is 11.1 Å². The Balaban J connectivity index is 2.80. The zero-order valence-corrected chi connectivity index (χ0v) is 11.5. The summed E-state index contributed by atoms with van der Waals surface area (Å²) in [5, 5.41) is 10.4. The molecule has 0 saturated heterocycles. The Morgan fingerprint density at radius 1 is 1.53 bits per heavy atom. The third-order valence-corrected chi connectivity index (χ3v) is 3.24. The average Bonchev–Trinajstić information content (AvgIpc) is 2.77. The van der Waals surface area contributed by atoms with E-state index in [4.69, 9.17) is 9.15 Å². The molecule has 5 nitrogen and oxygen atoms in total. The lowest BCUT2D eigenvalue weighted by Crippen LogP contribution is -2.22. The smallest absolute Gasteiger partial charge is 0.343 e. The molecule has 0 radical (unpaired) electrons. The van der Waals surface area contributed by atoms with E-state index in [1.165, 1.54) is 7.11 Å². The Morgan fingerprint density at radius 3 is 2.79 bits per heavy atom. The van der Waals surface area contributed by atoms with Crippen molar-refractivity contribution in [2.24, 2.45) is 0 Å². The lowest BCUT2D eigenvalue weighted by molar-refractivity contribution is 0.0278. The summed E-state index contributed by atoms with van der Waals surface area (Å²) < 4.78 is 10.4. The molecule has 102 valence electrons. The second-order valence-electron chi connectivity index (χ2n) is 4.72. The molecule has 2 aromatic heterocycles. The highest BCUT2D eigenvalue weighted by atomic mass is 16.5. The fraction of sp³-hybridized carbons (Fsp3) is 0.429. The maximum absolute atomic E-state index is 11.9. The van der Waals surface area contributed by atoms with E-state index in [0.29, 0.717) is 17.5 Å². The fourth-order valence-electron chi connectivity index (χ4n) is 1.91. The SMILES string of the molecule is CCC(C)(O)c1oc2ccc(C)nc2c1C(=O)OC. The van der Waals surface area contributed by atoms with Gasteiger partial charge in [0, 0.05) is 5.69 Å². The number of furan rings is 1. The molecule has 0 fully saturated rings. The standard InChI is InChI=1S/C14H17NO4/c1-5-14(3,17)12-10(13(16)18-4)11-9(19-12)7-6-8(2)15-11/h6-7,17H,5H2,1-4H3. The number of esters is 1. The van der Waals surface area contributed by atoms with Crippen molar-refractivity contribution in [3.8, 4) is 0 Å². The number of aromatic nitrogens is 1. The molecule has 0 aliphatic heterocycles. The van der Waals surface area contributed by atoms with Crippen LogP contribution < -0.4 is 0 Å². The number of hydrogen-bond acceptors (Lipinski definition) is 5. The van der Waals surface area contributed by atoms with Crippen molar-refractivity contribution < 1.29 is 19.1 Å². The van der Waals surface area contributed by atoms with Gasteiger partial charge >= 0.3 is 5.97 Å². The first-order chi connectivity index (χ1) is 8.90. The Morgan fingerprint density at radius 2 is 2.21 bits per heavy atom. The van der Waals surface area contributed by atoms with Gasteiger partial charge in [-0.3, -0.25) is 0 Å². The highest BCUT2D eigenvalue weighted by Gasteiger charge is 2.34. The van der Waals surface area contributed by atoms with E-state index in [1.807, 2.05) is 13.8 Å². The number of hydrogen-bond donors (Lipinski definition) is 1. The van der Waals surface area contributed by atoms with Crippen LogP contribution in [0.4, 0.5) is 0 Å². The zero-order valence-electron chi connectivity index (χ0n) is 11.5. The average molecular weight is 263 g/mol. The summed E-state index contributed by atoms with van der Waals surface area (Å²) >= 11 is 0. The number of fused-ring (bicyclic) bond motifs is 1. The predicted molar refractivity (Wildman–Crippen MR) is 69.9 cm³/mol. The zero-order chi connectivity index (χ0) is 14.2. The molecule has 0 spiro atoms. The van der Waals surface area contributed by atoms with Crippen LogP contribution in [0.3, 0.4) is 0 Å². The van der Waals surface area contributed by atoms with Crippen LogP contribution in [-0.4, -0.2) is 23.2 Å². The predicted octanol–water partition coefficient (Wildman–Crippen LogP) is 2.54. The molecule has 2 rings (SSSR count). The molecule has 2 aromatic rings. The van der Waals surface area contributed by atoms with Gasteiger partial charge in [0.05, 0.1) is 7.11 Å². The molecule has 0 bridgehead atoms. The van der Waals surface area contributed by atoms with Crippen LogP contribution in [0.2, 0.25) is 0 Å². The molecule has 2 heterocycles. The number of ether oxygens (including phenoxy) is 1. The van der Waals surface area contributed by atoms with Crippen molar-refractivity contribution in [2.45, 2.75) is 32.8 Å².